The smallest absolute Gasteiger partial charge is 0.277 e. The first-order valence-electron chi connectivity index (χ1n) is 5.90. The van der Waals surface area contributed by atoms with Crippen LogP contribution < -0.4 is 11.3 Å². The van der Waals surface area contributed by atoms with Gasteiger partial charge in [-0.25, -0.2) is 4.98 Å². The highest BCUT2D eigenvalue weighted by Crippen LogP contribution is 2.30. The molecule has 8 nitrogen and oxygen atoms in total. The van der Waals surface area contributed by atoms with Crippen LogP contribution in [0.4, 0.5) is 5.82 Å². The number of imidazole rings is 1. The maximum atomic E-state index is 11.7. The van der Waals surface area contributed by atoms with Crippen molar-refractivity contribution in [2.24, 2.45) is 0 Å². The minimum absolute atomic E-state index is 0.164. The third-order valence-corrected chi connectivity index (χ3v) is 3.24. The summed E-state index contributed by atoms with van der Waals surface area (Å²) in [4.78, 5) is 18.1. The molecule has 3 heterocycles. The Morgan fingerprint density at radius 2 is 2.42 bits per heavy atom. The lowest BCUT2D eigenvalue weighted by Gasteiger charge is -2.16. The molecular formula is C11H14N4O4. The van der Waals surface area contributed by atoms with E-state index in [0.29, 0.717) is 11.9 Å². The number of H-pyrrole nitrogens is 1. The lowest BCUT2D eigenvalue weighted by molar-refractivity contribution is -0.0484. The summed E-state index contributed by atoms with van der Waals surface area (Å²) in [6.45, 7) is -0.164. The van der Waals surface area contributed by atoms with Crippen LogP contribution in [-0.4, -0.2) is 43.6 Å². The van der Waals surface area contributed by atoms with E-state index >= 15 is 0 Å². The van der Waals surface area contributed by atoms with Crippen LogP contribution >= 0.6 is 0 Å². The monoisotopic (exact) mass is 266 g/mol. The Labute approximate surface area is 107 Å². The first kappa shape index (κ1) is 12.2. The summed E-state index contributed by atoms with van der Waals surface area (Å²) in [5.74, 6) is 0.213. The van der Waals surface area contributed by atoms with Crippen molar-refractivity contribution >= 4 is 16.9 Å². The zero-order valence-electron chi connectivity index (χ0n) is 9.98. The number of nitrogens with two attached hydrogens (primary N) is 1. The maximum Gasteiger partial charge on any atom is 0.277 e. The molecule has 0 spiro atoms. The summed E-state index contributed by atoms with van der Waals surface area (Å²) < 4.78 is 7.08. The summed E-state index contributed by atoms with van der Waals surface area (Å²) in [7, 11) is 0. The molecule has 1 saturated heterocycles. The SMILES string of the molecule is Nc1cc2c(ncn2[C@@H]2O[C@H](CO)CC2O)c(=O)[nH]1. The van der Waals surface area contributed by atoms with Gasteiger partial charge in [0.2, 0.25) is 0 Å². The maximum absolute atomic E-state index is 11.7. The largest absolute Gasteiger partial charge is 0.394 e. The fraction of sp³-hybridized carbons (Fsp3) is 0.455. The first-order chi connectivity index (χ1) is 9.10. The van der Waals surface area contributed by atoms with E-state index < -0.39 is 18.4 Å². The van der Waals surface area contributed by atoms with Gasteiger partial charge in [0.15, 0.2) is 11.7 Å². The van der Waals surface area contributed by atoms with Gasteiger partial charge in [-0.05, 0) is 0 Å². The Morgan fingerprint density at radius 3 is 3.11 bits per heavy atom. The highest BCUT2D eigenvalue weighted by Gasteiger charge is 2.35. The lowest BCUT2D eigenvalue weighted by atomic mass is 10.2. The molecule has 102 valence electrons. The van der Waals surface area contributed by atoms with Gasteiger partial charge < -0.3 is 30.2 Å². The van der Waals surface area contributed by atoms with Gasteiger partial charge in [-0.1, -0.05) is 0 Å². The van der Waals surface area contributed by atoms with E-state index in [1.165, 1.54) is 6.33 Å². The number of aromatic amines is 1. The molecule has 0 amide bonds. The molecule has 0 saturated carbocycles. The van der Waals surface area contributed by atoms with Crippen LogP contribution in [0, 0.1) is 0 Å². The molecule has 3 atom stereocenters. The highest BCUT2D eigenvalue weighted by atomic mass is 16.5. The van der Waals surface area contributed by atoms with Crippen LogP contribution in [-0.2, 0) is 4.74 Å². The molecule has 3 rings (SSSR count). The average Bonchev–Trinajstić information content (AvgIpc) is 2.92. The van der Waals surface area contributed by atoms with E-state index in [-0.39, 0.29) is 23.5 Å². The van der Waals surface area contributed by atoms with Gasteiger partial charge in [0, 0.05) is 12.5 Å². The number of hydrogen-bond acceptors (Lipinski definition) is 6. The number of hydrogen-bond donors (Lipinski definition) is 4. The Bertz CT molecular complexity index is 664. The van der Waals surface area contributed by atoms with Gasteiger partial charge in [-0.15, -0.1) is 0 Å². The quantitative estimate of drug-likeness (QED) is 0.549. The van der Waals surface area contributed by atoms with Crippen molar-refractivity contribution in [3.8, 4) is 0 Å². The van der Waals surface area contributed by atoms with Gasteiger partial charge >= 0.3 is 0 Å². The number of aliphatic hydroxyl groups is 2. The summed E-state index contributed by atoms with van der Waals surface area (Å²) >= 11 is 0. The summed E-state index contributed by atoms with van der Waals surface area (Å²) in [6.07, 6.45) is -0.109. The van der Waals surface area contributed by atoms with Crippen LogP contribution in [0.15, 0.2) is 17.2 Å². The molecule has 1 aliphatic rings. The molecular weight excluding hydrogens is 252 g/mol. The van der Waals surface area contributed by atoms with Gasteiger partial charge in [-0.3, -0.25) is 4.79 Å². The average molecular weight is 266 g/mol. The molecule has 1 aliphatic heterocycles. The standard InChI is InChI=1S/C11H14N4O4/c12-8-2-6-9(10(18)14-8)13-4-15(6)11-7(17)1-5(3-16)19-11/h2,4-5,7,11,16-17H,1,3H2,(H3,12,14,18)/t5-,7?,11+/m0/s1. The number of rotatable bonds is 2. The molecule has 0 aromatic carbocycles. The van der Waals surface area contributed by atoms with Crippen molar-refractivity contribution < 1.29 is 14.9 Å². The Kier molecular flexibility index (Phi) is 2.77. The van der Waals surface area contributed by atoms with Crippen molar-refractivity contribution in [3.63, 3.8) is 0 Å². The van der Waals surface area contributed by atoms with Crippen LogP contribution in [0.3, 0.4) is 0 Å². The molecule has 0 bridgehead atoms. The molecule has 1 unspecified atom stereocenters. The molecule has 2 aromatic heterocycles. The fourth-order valence-electron chi connectivity index (χ4n) is 2.36. The molecule has 19 heavy (non-hydrogen) atoms. The van der Waals surface area contributed by atoms with E-state index in [2.05, 4.69) is 9.97 Å². The number of nitrogens with zero attached hydrogens (tertiary/aromatic N) is 2. The molecule has 0 aliphatic carbocycles. The van der Waals surface area contributed by atoms with Gasteiger partial charge in [0.25, 0.3) is 5.56 Å². The molecule has 0 radical (unpaired) electrons. The van der Waals surface area contributed by atoms with E-state index in [1.807, 2.05) is 0 Å². The molecule has 1 fully saturated rings. The number of aromatic nitrogens is 3. The predicted octanol–water partition coefficient (Wildman–Crippen LogP) is -1.05. The zero-order valence-corrected chi connectivity index (χ0v) is 9.98. The Hall–Kier alpha value is -1.90. The fourth-order valence-corrected chi connectivity index (χ4v) is 2.36. The van der Waals surface area contributed by atoms with Crippen LogP contribution in [0.2, 0.25) is 0 Å². The van der Waals surface area contributed by atoms with Crippen LogP contribution in [0.25, 0.3) is 11.0 Å². The number of fused-ring (bicyclic) bond motifs is 1. The normalized spacial score (nSPS) is 27.2. The predicted molar refractivity (Wildman–Crippen MR) is 66.4 cm³/mol. The van der Waals surface area contributed by atoms with Gasteiger partial charge in [0.05, 0.1) is 24.6 Å². The van der Waals surface area contributed by atoms with E-state index in [9.17, 15) is 9.90 Å². The number of nitrogens with one attached hydrogen (secondary N) is 1. The lowest BCUT2D eigenvalue weighted by Crippen LogP contribution is -2.19. The zero-order chi connectivity index (χ0) is 13.6. The van der Waals surface area contributed by atoms with Crippen LogP contribution in [0.5, 0.6) is 0 Å². The summed E-state index contributed by atoms with van der Waals surface area (Å²) in [5, 5.41) is 19.0. The van der Waals surface area contributed by atoms with Crippen LogP contribution in [0.1, 0.15) is 12.6 Å². The number of nitrogen functional groups attached to an aromatic ring is 1. The second kappa shape index (κ2) is 4.34. The van der Waals surface area contributed by atoms with Gasteiger partial charge in [-0.2, -0.15) is 0 Å². The van der Waals surface area contributed by atoms with Crippen molar-refractivity contribution in [2.75, 3.05) is 12.3 Å². The van der Waals surface area contributed by atoms with Gasteiger partial charge in [0.1, 0.15) is 11.9 Å². The highest BCUT2D eigenvalue weighted by molar-refractivity contribution is 5.76. The number of anilines is 1. The number of pyridine rings is 1. The van der Waals surface area contributed by atoms with Crippen molar-refractivity contribution in [2.45, 2.75) is 24.9 Å². The van der Waals surface area contributed by atoms with E-state index in [0.717, 1.165) is 0 Å². The van der Waals surface area contributed by atoms with E-state index in [1.54, 1.807) is 10.6 Å². The topological polar surface area (TPSA) is 126 Å². The molecule has 2 aromatic rings. The third-order valence-electron chi connectivity index (χ3n) is 3.24. The van der Waals surface area contributed by atoms with Crippen molar-refractivity contribution in [1.29, 1.82) is 0 Å². The van der Waals surface area contributed by atoms with E-state index in [4.69, 9.17) is 15.6 Å². The minimum atomic E-state index is -0.768. The Balaban J connectivity index is 2.09. The third kappa shape index (κ3) is 1.89. The number of aliphatic hydroxyl groups excluding tert-OH is 2. The minimum Gasteiger partial charge on any atom is -0.394 e. The summed E-state index contributed by atoms with van der Waals surface area (Å²) in [6, 6.07) is 1.56. The van der Waals surface area contributed by atoms with Crippen molar-refractivity contribution in [1.82, 2.24) is 14.5 Å². The first-order valence-corrected chi connectivity index (χ1v) is 5.90. The summed E-state index contributed by atoms with van der Waals surface area (Å²) in [5.41, 5.74) is 5.93. The van der Waals surface area contributed by atoms with Crippen molar-refractivity contribution in [3.05, 3.63) is 22.7 Å². The number of ether oxygens (including phenoxy) is 1. The molecule has 8 heteroatoms. The molecule has 5 N–H and O–H groups in total. The Morgan fingerprint density at radius 1 is 1.63 bits per heavy atom. The second-order valence-corrected chi connectivity index (χ2v) is 4.57. The second-order valence-electron chi connectivity index (χ2n) is 4.57.